The number of hydrogen-bond donors (Lipinski definition) is 1. The van der Waals surface area contributed by atoms with Gasteiger partial charge in [-0.25, -0.2) is 0 Å². The molecule has 2 unspecified atom stereocenters. The Bertz CT molecular complexity index is 969. The number of ether oxygens (including phenoxy) is 1. The van der Waals surface area contributed by atoms with Crippen molar-refractivity contribution in [3.63, 3.8) is 0 Å². The van der Waals surface area contributed by atoms with Crippen molar-refractivity contribution < 1.29 is 9.84 Å². The second-order valence-electron chi connectivity index (χ2n) is 14.5. The van der Waals surface area contributed by atoms with Gasteiger partial charge in [-0.1, -0.05) is 26.8 Å². The zero-order valence-electron chi connectivity index (χ0n) is 23.1. The minimum atomic E-state index is -0.831. The molecular weight excluding hydrogens is 430 g/mol. The lowest BCUT2D eigenvalue weighted by Crippen LogP contribution is -2.57. The second-order valence-corrected chi connectivity index (χ2v) is 14.5. The van der Waals surface area contributed by atoms with Crippen molar-refractivity contribution in [1.29, 1.82) is 0 Å². The van der Waals surface area contributed by atoms with E-state index in [1.807, 2.05) is 33.2 Å². The molecule has 10 atom stereocenters. The van der Waals surface area contributed by atoms with E-state index >= 15 is 0 Å². The maximum atomic E-state index is 10.7. The first kappa shape index (κ1) is 24.4. The summed E-state index contributed by atoms with van der Waals surface area (Å²) in [7, 11) is 2.01. The molecule has 1 aromatic heterocycles. The molecular formula is C32H49NO2. The van der Waals surface area contributed by atoms with Crippen LogP contribution in [0.25, 0.3) is 0 Å². The fourth-order valence-corrected chi connectivity index (χ4v) is 11.3. The number of rotatable bonds is 6. The third-order valence-corrected chi connectivity index (χ3v) is 13.0. The van der Waals surface area contributed by atoms with Crippen LogP contribution >= 0.6 is 0 Å². The zero-order valence-corrected chi connectivity index (χ0v) is 23.1. The average molecular weight is 480 g/mol. The van der Waals surface area contributed by atoms with Crippen LogP contribution in [0, 0.1) is 51.8 Å². The van der Waals surface area contributed by atoms with E-state index in [-0.39, 0.29) is 0 Å². The maximum Gasteiger partial charge on any atom is 0.0858 e. The smallest absolute Gasteiger partial charge is 0.0858 e. The Morgan fingerprint density at radius 3 is 2.66 bits per heavy atom. The highest BCUT2D eigenvalue weighted by atomic mass is 16.5. The van der Waals surface area contributed by atoms with Crippen molar-refractivity contribution in [2.24, 2.45) is 51.8 Å². The molecule has 6 rings (SSSR count). The molecule has 0 bridgehead atoms. The summed E-state index contributed by atoms with van der Waals surface area (Å²) in [6.07, 6.45) is 15.9. The molecule has 0 aliphatic heterocycles. The van der Waals surface area contributed by atoms with E-state index in [0.29, 0.717) is 28.3 Å². The summed E-state index contributed by atoms with van der Waals surface area (Å²) in [5.41, 5.74) is 2.78. The number of nitrogens with zero attached hydrogens (tertiary/aromatic N) is 1. The first-order valence-corrected chi connectivity index (χ1v) is 14.8. The normalized spacial score (nSPS) is 46.9. The molecule has 194 valence electrons. The maximum absolute atomic E-state index is 10.7. The molecule has 1 N–H and O–H groups in total. The minimum absolute atomic E-state index is 0.477. The fraction of sp³-hybridized carbons (Fsp3) is 0.844. The average Bonchev–Trinajstić information content (AvgIpc) is 3.33. The van der Waals surface area contributed by atoms with Gasteiger partial charge < -0.3 is 9.84 Å². The highest BCUT2D eigenvalue weighted by Crippen LogP contribution is 2.82. The van der Waals surface area contributed by atoms with E-state index in [4.69, 9.17) is 4.74 Å². The fourth-order valence-electron chi connectivity index (χ4n) is 11.3. The van der Waals surface area contributed by atoms with Crippen molar-refractivity contribution >= 4 is 0 Å². The Labute approximate surface area is 213 Å². The van der Waals surface area contributed by atoms with Crippen LogP contribution < -0.4 is 0 Å². The second kappa shape index (κ2) is 8.03. The van der Waals surface area contributed by atoms with Crippen molar-refractivity contribution in [3.8, 4) is 0 Å². The summed E-state index contributed by atoms with van der Waals surface area (Å²) in [5, 5.41) is 10.7. The third-order valence-electron chi connectivity index (χ3n) is 13.0. The number of aryl methyl sites for hydroxylation is 1. The molecule has 35 heavy (non-hydrogen) atoms. The third kappa shape index (κ3) is 3.32. The Morgan fingerprint density at radius 1 is 1.14 bits per heavy atom. The van der Waals surface area contributed by atoms with Gasteiger partial charge in [0.2, 0.25) is 0 Å². The summed E-state index contributed by atoms with van der Waals surface area (Å²) in [6, 6.07) is 4.01. The van der Waals surface area contributed by atoms with E-state index in [2.05, 4.69) is 31.8 Å². The van der Waals surface area contributed by atoms with Gasteiger partial charge >= 0.3 is 0 Å². The van der Waals surface area contributed by atoms with Crippen LogP contribution in [0.5, 0.6) is 0 Å². The van der Waals surface area contributed by atoms with Crippen LogP contribution in [0.4, 0.5) is 0 Å². The van der Waals surface area contributed by atoms with E-state index in [9.17, 15) is 5.11 Å². The molecule has 5 fully saturated rings. The van der Waals surface area contributed by atoms with E-state index in [0.717, 1.165) is 47.3 Å². The van der Waals surface area contributed by atoms with Crippen molar-refractivity contribution in [1.82, 2.24) is 4.98 Å². The lowest BCUT2D eigenvalue weighted by molar-refractivity contribution is -0.161. The molecule has 1 aromatic rings. The summed E-state index contributed by atoms with van der Waals surface area (Å²) in [5.74, 6) is 5.13. The van der Waals surface area contributed by atoms with Gasteiger partial charge in [0.15, 0.2) is 0 Å². The van der Waals surface area contributed by atoms with Crippen molar-refractivity contribution in [3.05, 3.63) is 29.6 Å². The topological polar surface area (TPSA) is 42.4 Å². The Morgan fingerprint density at radius 2 is 1.94 bits per heavy atom. The summed E-state index contributed by atoms with van der Waals surface area (Å²) in [6.45, 7) is 11.6. The van der Waals surface area contributed by atoms with Crippen molar-refractivity contribution in [2.45, 2.75) is 111 Å². The SMILES string of the molecule is COC1C[C@H]2[C@@H]3CC[C@H]([C@H](C)CCc4ncccc4C(C)(C)O)[C@@]3(C)CC[C@@H]2[C@@]2(C)CC[C@@H]3CC132. The number of pyridine rings is 1. The van der Waals surface area contributed by atoms with E-state index in [1.54, 1.807) is 0 Å². The van der Waals surface area contributed by atoms with Gasteiger partial charge in [0, 0.05) is 30.0 Å². The highest BCUT2D eigenvalue weighted by molar-refractivity contribution is 5.27. The summed E-state index contributed by atoms with van der Waals surface area (Å²) < 4.78 is 6.32. The number of aromatic nitrogens is 1. The van der Waals surface area contributed by atoms with Crippen molar-refractivity contribution in [2.75, 3.05) is 7.11 Å². The van der Waals surface area contributed by atoms with Gasteiger partial charge in [0.25, 0.3) is 0 Å². The molecule has 0 amide bonds. The zero-order chi connectivity index (χ0) is 24.8. The van der Waals surface area contributed by atoms with E-state index < -0.39 is 5.60 Å². The van der Waals surface area contributed by atoms with Crippen LogP contribution in [0.15, 0.2) is 18.3 Å². The molecule has 0 saturated heterocycles. The van der Waals surface area contributed by atoms with Gasteiger partial charge in [-0.05, 0) is 130 Å². The number of methoxy groups -OCH3 is 1. The monoisotopic (exact) mass is 479 g/mol. The first-order valence-electron chi connectivity index (χ1n) is 14.8. The Balaban J connectivity index is 1.20. The molecule has 5 saturated carbocycles. The van der Waals surface area contributed by atoms with Gasteiger partial charge in [-0.15, -0.1) is 0 Å². The first-order chi connectivity index (χ1) is 16.6. The Hall–Kier alpha value is -0.930. The minimum Gasteiger partial charge on any atom is -0.386 e. The van der Waals surface area contributed by atoms with E-state index in [1.165, 1.54) is 57.8 Å². The number of aliphatic hydroxyl groups is 1. The molecule has 0 aromatic carbocycles. The lowest BCUT2D eigenvalue weighted by atomic mass is 9.45. The van der Waals surface area contributed by atoms with Crippen LogP contribution in [-0.4, -0.2) is 23.3 Å². The molecule has 3 nitrogen and oxygen atoms in total. The van der Waals surface area contributed by atoms with Crippen LogP contribution in [0.2, 0.25) is 0 Å². The number of fused-ring (bicyclic) bond motifs is 4. The van der Waals surface area contributed by atoms with Gasteiger partial charge in [-0.3, -0.25) is 4.98 Å². The van der Waals surface area contributed by atoms with Gasteiger partial charge in [0.1, 0.15) is 0 Å². The van der Waals surface area contributed by atoms with Crippen LogP contribution in [-0.2, 0) is 16.8 Å². The van der Waals surface area contributed by atoms with Crippen LogP contribution in [0.1, 0.15) is 104 Å². The molecule has 0 radical (unpaired) electrons. The quantitative estimate of drug-likeness (QED) is 0.470. The number of hydrogen-bond acceptors (Lipinski definition) is 3. The molecule has 5 aliphatic carbocycles. The largest absolute Gasteiger partial charge is 0.386 e. The van der Waals surface area contributed by atoms with Crippen LogP contribution in [0.3, 0.4) is 0 Å². The predicted molar refractivity (Wildman–Crippen MR) is 141 cm³/mol. The summed E-state index contributed by atoms with van der Waals surface area (Å²) >= 11 is 0. The predicted octanol–water partition coefficient (Wildman–Crippen LogP) is 7.16. The molecule has 1 spiro atoms. The van der Waals surface area contributed by atoms with Gasteiger partial charge in [0.05, 0.1) is 11.7 Å². The standard InChI is InChI=1S/C32H49NO2/c1-20(9-12-27-26(29(2,3)34)8-7-17-33-27)23-10-11-24-22-18-28(35-6)32-19-21(32)13-16-31(32,5)25(22)14-15-30(23,24)4/h7-8,17,20-25,28,34H,9-16,18-19H2,1-6H3/t20-,21-,22+,23-,24+,25+,28?,30-,31-,32?/m1/s1. The molecule has 3 heteroatoms. The highest BCUT2D eigenvalue weighted by Gasteiger charge is 2.77. The van der Waals surface area contributed by atoms with Gasteiger partial charge in [-0.2, -0.15) is 0 Å². The molecule has 5 aliphatic rings. The Kier molecular flexibility index (Phi) is 5.60. The summed E-state index contributed by atoms with van der Waals surface area (Å²) in [4.78, 5) is 4.69. The molecule has 1 heterocycles. The lowest BCUT2D eigenvalue weighted by Gasteiger charge is -2.61.